The smallest absolute Gasteiger partial charge is 0.326 e. The van der Waals surface area contributed by atoms with Crippen LogP contribution >= 0.6 is 0 Å². The summed E-state index contributed by atoms with van der Waals surface area (Å²) in [5.74, 6) is -3.83. The Morgan fingerprint density at radius 1 is 1.10 bits per heavy atom. The third-order valence-corrected chi connectivity index (χ3v) is 6.04. The summed E-state index contributed by atoms with van der Waals surface area (Å²) in [7, 11) is -3.50. The molecular weight excluding hydrogens is 405 g/mol. The third-order valence-electron chi connectivity index (χ3n) is 4.93. The summed E-state index contributed by atoms with van der Waals surface area (Å²) in [6.45, 7) is 0.0251. The second kappa shape index (κ2) is 8.16. The van der Waals surface area contributed by atoms with Gasteiger partial charge in [0.2, 0.25) is 5.91 Å². The second-order valence-corrected chi connectivity index (χ2v) is 9.24. The first-order valence-corrected chi connectivity index (χ1v) is 10.9. The van der Waals surface area contributed by atoms with Crippen molar-refractivity contribution in [2.75, 3.05) is 24.7 Å². The molecular formula is C20H21F3N2O3S. The SMILES string of the molecule is CS(=O)(=O)c1cccc(NC(=O)[C@@H]2CN(Cc3ccccc3)C[C@H]2C(F)(F)F)c1. The van der Waals surface area contributed by atoms with Crippen molar-refractivity contribution in [2.24, 2.45) is 11.8 Å². The fourth-order valence-corrected chi connectivity index (χ4v) is 4.16. The number of hydrogen-bond acceptors (Lipinski definition) is 4. The lowest BCUT2D eigenvalue weighted by Gasteiger charge is -2.20. The molecule has 0 unspecified atom stereocenters. The Hall–Kier alpha value is -2.39. The number of halogens is 3. The highest BCUT2D eigenvalue weighted by Gasteiger charge is 2.52. The molecule has 5 nitrogen and oxygen atoms in total. The summed E-state index contributed by atoms with van der Waals surface area (Å²) in [4.78, 5) is 14.2. The highest BCUT2D eigenvalue weighted by Crippen LogP contribution is 2.38. The largest absolute Gasteiger partial charge is 0.393 e. The molecule has 1 aliphatic rings. The van der Waals surface area contributed by atoms with E-state index in [0.29, 0.717) is 6.54 Å². The van der Waals surface area contributed by atoms with Crippen LogP contribution in [0.1, 0.15) is 5.56 Å². The summed E-state index contributed by atoms with van der Waals surface area (Å²) in [5, 5.41) is 2.45. The van der Waals surface area contributed by atoms with E-state index in [1.165, 1.54) is 24.3 Å². The maximum absolute atomic E-state index is 13.6. The lowest BCUT2D eigenvalue weighted by molar-refractivity contribution is -0.182. The Bertz CT molecular complexity index is 978. The zero-order valence-electron chi connectivity index (χ0n) is 15.7. The number of rotatable bonds is 5. The molecule has 1 N–H and O–H groups in total. The van der Waals surface area contributed by atoms with Gasteiger partial charge in [-0.05, 0) is 23.8 Å². The van der Waals surface area contributed by atoms with Crippen LogP contribution in [-0.4, -0.2) is 44.7 Å². The molecule has 2 aromatic rings. The number of sulfone groups is 1. The van der Waals surface area contributed by atoms with Gasteiger partial charge in [-0.1, -0.05) is 36.4 Å². The number of carbonyl (C=O) groups excluding carboxylic acids is 1. The maximum atomic E-state index is 13.6. The lowest BCUT2D eigenvalue weighted by atomic mass is 9.94. The molecule has 156 valence electrons. The van der Waals surface area contributed by atoms with E-state index in [4.69, 9.17) is 0 Å². The molecule has 1 heterocycles. The van der Waals surface area contributed by atoms with Crippen LogP contribution in [0.5, 0.6) is 0 Å². The molecule has 2 aromatic carbocycles. The van der Waals surface area contributed by atoms with Crippen LogP contribution in [0, 0.1) is 11.8 Å². The number of nitrogens with one attached hydrogen (secondary N) is 1. The summed E-state index contributed by atoms with van der Waals surface area (Å²) in [5.41, 5.74) is 1.02. The number of anilines is 1. The number of alkyl halides is 3. The van der Waals surface area contributed by atoms with Crippen LogP contribution in [0.15, 0.2) is 59.5 Å². The molecule has 0 spiro atoms. The Kier molecular flexibility index (Phi) is 6.00. The van der Waals surface area contributed by atoms with Crippen molar-refractivity contribution in [1.29, 1.82) is 0 Å². The van der Waals surface area contributed by atoms with Gasteiger partial charge in [-0.2, -0.15) is 13.2 Å². The van der Waals surface area contributed by atoms with Gasteiger partial charge in [0, 0.05) is 31.6 Å². The van der Waals surface area contributed by atoms with Crippen molar-refractivity contribution in [3.05, 3.63) is 60.2 Å². The van der Waals surface area contributed by atoms with Gasteiger partial charge in [0.25, 0.3) is 0 Å². The first-order valence-electron chi connectivity index (χ1n) is 8.98. The van der Waals surface area contributed by atoms with Crippen molar-refractivity contribution >= 4 is 21.4 Å². The van der Waals surface area contributed by atoms with E-state index in [9.17, 15) is 26.4 Å². The molecule has 29 heavy (non-hydrogen) atoms. The van der Waals surface area contributed by atoms with Gasteiger partial charge >= 0.3 is 6.18 Å². The maximum Gasteiger partial charge on any atom is 0.393 e. The van der Waals surface area contributed by atoms with Crippen molar-refractivity contribution in [3.8, 4) is 0 Å². The molecule has 9 heteroatoms. The van der Waals surface area contributed by atoms with E-state index >= 15 is 0 Å². The first kappa shape index (κ1) is 21.3. The van der Waals surface area contributed by atoms with Gasteiger partial charge < -0.3 is 5.32 Å². The highest BCUT2D eigenvalue weighted by molar-refractivity contribution is 7.90. The molecule has 0 radical (unpaired) electrons. The zero-order valence-corrected chi connectivity index (χ0v) is 16.5. The predicted octanol–water partition coefficient (Wildman–Crippen LogP) is 3.34. The van der Waals surface area contributed by atoms with E-state index in [-0.39, 0.29) is 23.7 Å². The van der Waals surface area contributed by atoms with E-state index in [2.05, 4.69) is 5.32 Å². The van der Waals surface area contributed by atoms with E-state index in [1.54, 1.807) is 4.90 Å². The predicted molar refractivity (Wildman–Crippen MR) is 103 cm³/mol. The number of amides is 1. The van der Waals surface area contributed by atoms with Crippen LogP contribution in [-0.2, 0) is 21.2 Å². The average molecular weight is 426 g/mol. The molecule has 0 aromatic heterocycles. The van der Waals surface area contributed by atoms with Crippen molar-refractivity contribution in [3.63, 3.8) is 0 Å². The summed E-state index contributed by atoms with van der Waals surface area (Å²) >= 11 is 0. The number of likely N-dealkylation sites (tertiary alicyclic amines) is 1. The monoisotopic (exact) mass is 426 g/mol. The van der Waals surface area contributed by atoms with Gasteiger partial charge in [-0.3, -0.25) is 9.69 Å². The standard InChI is InChI=1S/C20H21F3N2O3S/c1-29(27,28)16-9-5-8-15(10-16)24-19(26)17-12-25(13-18(17)20(21,22)23)11-14-6-3-2-4-7-14/h2-10,17-18H,11-13H2,1H3,(H,24,26)/t17-,18-/m1/s1. The first-order chi connectivity index (χ1) is 13.5. The van der Waals surface area contributed by atoms with Crippen LogP contribution in [0.2, 0.25) is 0 Å². The zero-order chi connectivity index (χ0) is 21.2. The molecule has 0 bridgehead atoms. The van der Waals surface area contributed by atoms with Crippen molar-refractivity contribution in [2.45, 2.75) is 17.6 Å². The number of carbonyl (C=O) groups is 1. The number of benzene rings is 2. The van der Waals surface area contributed by atoms with Crippen molar-refractivity contribution < 1.29 is 26.4 Å². The summed E-state index contributed by atoms with van der Waals surface area (Å²) in [6, 6.07) is 14.6. The fraction of sp³-hybridized carbons (Fsp3) is 0.350. The summed E-state index contributed by atoms with van der Waals surface area (Å²) in [6.07, 6.45) is -3.49. The molecule has 0 saturated carbocycles. The second-order valence-electron chi connectivity index (χ2n) is 7.22. The molecule has 1 fully saturated rings. The molecule has 1 aliphatic heterocycles. The Balaban J connectivity index is 1.77. The molecule has 2 atom stereocenters. The molecule has 0 aliphatic carbocycles. The van der Waals surface area contributed by atoms with Gasteiger partial charge in [-0.25, -0.2) is 8.42 Å². The Morgan fingerprint density at radius 3 is 2.41 bits per heavy atom. The molecule has 1 amide bonds. The quantitative estimate of drug-likeness (QED) is 0.797. The lowest BCUT2D eigenvalue weighted by Crippen LogP contribution is -2.36. The highest BCUT2D eigenvalue weighted by atomic mass is 32.2. The molecule has 3 rings (SSSR count). The average Bonchev–Trinajstić information content (AvgIpc) is 3.06. The van der Waals surface area contributed by atoms with E-state index in [1.807, 2.05) is 30.3 Å². The Morgan fingerprint density at radius 2 is 1.79 bits per heavy atom. The minimum Gasteiger partial charge on any atom is -0.326 e. The number of hydrogen-bond donors (Lipinski definition) is 1. The molecule has 1 saturated heterocycles. The minimum atomic E-state index is -4.51. The number of nitrogens with zero attached hydrogens (tertiary/aromatic N) is 1. The van der Waals surface area contributed by atoms with Crippen LogP contribution in [0.3, 0.4) is 0 Å². The van der Waals surface area contributed by atoms with Gasteiger partial charge in [-0.15, -0.1) is 0 Å². The van der Waals surface area contributed by atoms with Crippen LogP contribution in [0.25, 0.3) is 0 Å². The Labute approximate surface area is 167 Å². The van der Waals surface area contributed by atoms with Crippen molar-refractivity contribution in [1.82, 2.24) is 4.90 Å². The van der Waals surface area contributed by atoms with Gasteiger partial charge in [0.05, 0.1) is 16.7 Å². The van der Waals surface area contributed by atoms with Gasteiger partial charge in [0.15, 0.2) is 9.84 Å². The van der Waals surface area contributed by atoms with Crippen LogP contribution in [0.4, 0.5) is 18.9 Å². The summed E-state index contributed by atoms with van der Waals surface area (Å²) < 4.78 is 64.0. The fourth-order valence-electron chi connectivity index (χ4n) is 3.49. The van der Waals surface area contributed by atoms with E-state index < -0.39 is 33.8 Å². The third kappa shape index (κ3) is 5.36. The van der Waals surface area contributed by atoms with Gasteiger partial charge in [0.1, 0.15) is 0 Å². The minimum absolute atomic E-state index is 0.0141. The topological polar surface area (TPSA) is 66.5 Å². The normalized spacial score (nSPS) is 20.6. The van der Waals surface area contributed by atoms with E-state index in [0.717, 1.165) is 11.8 Å². The van der Waals surface area contributed by atoms with Crippen LogP contribution < -0.4 is 5.32 Å².